The second kappa shape index (κ2) is 5.79. The Morgan fingerprint density at radius 2 is 2.30 bits per heavy atom. The van der Waals surface area contributed by atoms with Crippen molar-refractivity contribution in [2.45, 2.75) is 25.6 Å². The van der Waals surface area contributed by atoms with E-state index in [1.54, 1.807) is 6.07 Å². The number of amides is 1. The summed E-state index contributed by atoms with van der Waals surface area (Å²) in [5.41, 5.74) is -0.555. The molecule has 1 amide bonds. The smallest absolute Gasteiger partial charge is 0.258 e. The lowest BCUT2D eigenvalue weighted by molar-refractivity contribution is -0.139. The second-order valence-electron chi connectivity index (χ2n) is 5.46. The van der Waals surface area contributed by atoms with Gasteiger partial charge in [0.25, 0.3) is 5.91 Å². The van der Waals surface area contributed by atoms with Crippen molar-refractivity contribution in [2.24, 2.45) is 0 Å². The Labute approximate surface area is 125 Å². The first-order valence-electron chi connectivity index (χ1n) is 6.36. The molecule has 0 aromatic heterocycles. The Hall–Kier alpha value is -0.980. The lowest BCUT2D eigenvalue weighted by Crippen LogP contribution is -2.55. The molecule has 110 valence electrons. The van der Waals surface area contributed by atoms with E-state index in [0.29, 0.717) is 11.0 Å². The maximum atomic E-state index is 13.9. The molecule has 6 heteroatoms. The molecule has 1 N–H and O–H groups in total. The number of halogens is 2. The lowest BCUT2D eigenvalue weighted by Gasteiger charge is -2.42. The fourth-order valence-electron chi connectivity index (χ4n) is 2.41. The SMILES string of the molecule is CC1(C)CN(C(=O)c2c(F)cccc2Br)CC(CO)O1. The summed E-state index contributed by atoms with van der Waals surface area (Å²) in [5.74, 6) is -0.959. The first-order chi connectivity index (χ1) is 9.34. The van der Waals surface area contributed by atoms with E-state index in [4.69, 9.17) is 4.74 Å². The van der Waals surface area contributed by atoms with Crippen LogP contribution in [0.3, 0.4) is 0 Å². The van der Waals surface area contributed by atoms with Crippen LogP contribution in [0.1, 0.15) is 24.2 Å². The Kier molecular flexibility index (Phi) is 4.46. The van der Waals surface area contributed by atoms with Crippen LogP contribution in [0.2, 0.25) is 0 Å². The summed E-state index contributed by atoms with van der Waals surface area (Å²) in [4.78, 5) is 14.0. The number of hydrogen-bond acceptors (Lipinski definition) is 3. The predicted molar refractivity (Wildman–Crippen MR) is 76.0 cm³/mol. The number of morpholine rings is 1. The molecule has 4 nitrogen and oxygen atoms in total. The Morgan fingerprint density at radius 1 is 1.60 bits per heavy atom. The van der Waals surface area contributed by atoms with E-state index in [9.17, 15) is 14.3 Å². The molecule has 1 atom stereocenters. The molecule has 0 bridgehead atoms. The number of aliphatic hydroxyl groups is 1. The highest BCUT2D eigenvalue weighted by Gasteiger charge is 2.36. The lowest BCUT2D eigenvalue weighted by atomic mass is 10.0. The maximum absolute atomic E-state index is 13.9. The van der Waals surface area contributed by atoms with E-state index < -0.39 is 23.4 Å². The molecule has 1 heterocycles. The molecule has 0 aliphatic carbocycles. The molecule has 1 aliphatic heterocycles. The zero-order valence-corrected chi connectivity index (χ0v) is 13.0. The Balaban J connectivity index is 2.28. The molecule has 0 saturated carbocycles. The van der Waals surface area contributed by atoms with Gasteiger partial charge in [0, 0.05) is 17.6 Å². The van der Waals surface area contributed by atoms with Crippen LogP contribution in [0.25, 0.3) is 0 Å². The van der Waals surface area contributed by atoms with Crippen LogP contribution < -0.4 is 0 Å². The van der Waals surface area contributed by atoms with Crippen molar-refractivity contribution in [3.05, 3.63) is 34.1 Å². The monoisotopic (exact) mass is 345 g/mol. The first-order valence-corrected chi connectivity index (χ1v) is 7.15. The quantitative estimate of drug-likeness (QED) is 0.893. The summed E-state index contributed by atoms with van der Waals surface area (Å²) in [6.07, 6.45) is -0.451. The van der Waals surface area contributed by atoms with Gasteiger partial charge in [0.1, 0.15) is 5.82 Å². The minimum Gasteiger partial charge on any atom is -0.394 e. The topological polar surface area (TPSA) is 49.8 Å². The van der Waals surface area contributed by atoms with Gasteiger partial charge < -0.3 is 14.7 Å². The third-order valence-corrected chi connectivity index (χ3v) is 3.81. The molecule has 1 fully saturated rings. The molecule has 0 spiro atoms. The van der Waals surface area contributed by atoms with Crippen LogP contribution in [0, 0.1) is 5.82 Å². The van der Waals surface area contributed by atoms with Crippen LogP contribution in [0.15, 0.2) is 22.7 Å². The number of rotatable bonds is 2. The maximum Gasteiger partial charge on any atom is 0.258 e. The standard InChI is InChI=1S/C14H17BrFNO3/c1-14(2)8-17(6-9(7-18)20-14)13(19)12-10(15)4-3-5-11(12)16/h3-5,9,18H,6-8H2,1-2H3. The normalized spacial score (nSPS) is 21.9. The molecule has 1 aliphatic rings. The molecule has 20 heavy (non-hydrogen) atoms. The zero-order chi connectivity index (χ0) is 14.9. The molecule has 0 radical (unpaired) electrons. The van der Waals surface area contributed by atoms with Gasteiger partial charge in [0.15, 0.2) is 0 Å². The second-order valence-corrected chi connectivity index (χ2v) is 6.32. The first kappa shape index (κ1) is 15.4. The summed E-state index contributed by atoms with van der Waals surface area (Å²) in [6.45, 7) is 4.10. The number of benzene rings is 1. The number of carbonyl (C=O) groups is 1. The number of nitrogens with zero attached hydrogens (tertiary/aromatic N) is 1. The molecular weight excluding hydrogens is 329 g/mol. The van der Waals surface area contributed by atoms with E-state index in [2.05, 4.69) is 15.9 Å². The zero-order valence-electron chi connectivity index (χ0n) is 11.4. The third kappa shape index (κ3) is 3.19. The summed E-state index contributed by atoms with van der Waals surface area (Å²) in [5, 5.41) is 9.26. The van der Waals surface area contributed by atoms with Gasteiger partial charge in [-0.2, -0.15) is 0 Å². The van der Waals surface area contributed by atoms with Crippen molar-refractivity contribution in [3.8, 4) is 0 Å². The predicted octanol–water partition coefficient (Wildman–Crippen LogP) is 2.20. The largest absolute Gasteiger partial charge is 0.394 e. The molecule has 1 aromatic carbocycles. The van der Waals surface area contributed by atoms with Gasteiger partial charge >= 0.3 is 0 Å². The number of ether oxygens (including phenoxy) is 1. The van der Waals surface area contributed by atoms with Gasteiger partial charge in [-0.1, -0.05) is 6.07 Å². The van der Waals surface area contributed by atoms with Crippen LogP contribution in [0.4, 0.5) is 4.39 Å². The number of hydrogen-bond donors (Lipinski definition) is 1. The highest BCUT2D eigenvalue weighted by atomic mass is 79.9. The van der Waals surface area contributed by atoms with Crippen molar-refractivity contribution in [1.82, 2.24) is 4.90 Å². The highest BCUT2D eigenvalue weighted by Crippen LogP contribution is 2.26. The average molecular weight is 346 g/mol. The van der Waals surface area contributed by atoms with E-state index in [0.717, 1.165) is 0 Å². The number of aliphatic hydroxyl groups excluding tert-OH is 1. The fraction of sp³-hybridized carbons (Fsp3) is 0.500. The van der Waals surface area contributed by atoms with Crippen molar-refractivity contribution in [1.29, 1.82) is 0 Å². The molecular formula is C14H17BrFNO3. The van der Waals surface area contributed by atoms with Crippen LogP contribution >= 0.6 is 15.9 Å². The summed E-state index contributed by atoms with van der Waals surface area (Å²) >= 11 is 3.21. The Morgan fingerprint density at radius 3 is 2.90 bits per heavy atom. The van der Waals surface area contributed by atoms with Crippen LogP contribution in [-0.2, 0) is 4.74 Å². The minimum atomic E-state index is -0.570. The van der Waals surface area contributed by atoms with Gasteiger partial charge in [-0.05, 0) is 41.9 Å². The molecule has 2 rings (SSSR count). The van der Waals surface area contributed by atoms with Gasteiger partial charge in [0.2, 0.25) is 0 Å². The van der Waals surface area contributed by atoms with E-state index >= 15 is 0 Å². The summed E-state index contributed by atoms with van der Waals surface area (Å²) in [7, 11) is 0. The van der Waals surface area contributed by atoms with Crippen molar-refractivity contribution in [2.75, 3.05) is 19.7 Å². The highest BCUT2D eigenvalue weighted by molar-refractivity contribution is 9.10. The number of carbonyl (C=O) groups excluding carboxylic acids is 1. The third-order valence-electron chi connectivity index (χ3n) is 3.15. The average Bonchev–Trinajstić information content (AvgIpc) is 2.36. The van der Waals surface area contributed by atoms with Crippen molar-refractivity contribution >= 4 is 21.8 Å². The van der Waals surface area contributed by atoms with Crippen molar-refractivity contribution in [3.63, 3.8) is 0 Å². The van der Waals surface area contributed by atoms with Crippen molar-refractivity contribution < 1.29 is 19.0 Å². The van der Waals surface area contributed by atoms with Gasteiger partial charge in [-0.15, -0.1) is 0 Å². The van der Waals surface area contributed by atoms with E-state index in [1.165, 1.54) is 17.0 Å². The Bertz CT molecular complexity index is 501. The minimum absolute atomic E-state index is 0.0156. The summed E-state index contributed by atoms with van der Waals surface area (Å²) in [6, 6.07) is 4.43. The fourth-order valence-corrected chi connectivity index (χ4v) is 2.92. The molecule has 1 unspecified atom stereocenters. The summed E-state index contributed by atoms with van der Waals surface area (Å²) < 4.78 is 19.9. The van der Waals surface area contributed by atoms with Crippen LogP contribution in [-0.4, -0.2) is 47.3 Å². The molecule has 1 aromatic rings. The van der Waals surface area contributed by atoms with Gasteiger partial charge in [-0.25, -0.2) is 4.39 Å². The molecule has 1 saturated heterocycles. The van der Waals surface area contributed by atoms with E-state index in [1.807, 2.05) is 13.8 Å². The van der Waals surface area contributed by atoms with E-state index in [-0.39, 0.29) is 18.7 Å². The van der Waals surface area contributed by atoms with Crippen LogP contribution in [0.5, 0.6) is 0 Å². The van der Waals surface area contributed by atoms with Gasteiger partial charge in [0.05, 0.1) is 23.9 Å². The van der Waals surface area contributed by atoms with Gasteiger partial charge in [-0.3, -0.25) is 4.79 Å².